The zero-order valence-corrected chi connectivity index (χ0v) is 11.2. The molecule has 1 heterocycles. The van der Waals surface area contributed by atoms with Crippen LogP contribution in [0.15, 0.2) is 18.3 Å². The zero-order valence-electron chi connectivity index (χ0n) is 11.2. The molecule has 1 aliphatic carbocycles. The number of aliphatic hydroxyl groups is 1. The Labute approximate surface area is 114 Å². The first-order valence-corrected chi connectivity index (χ1v) is 7.00. The fourth-order valence-electron chi connectivity index (χ4n) is 2.84. The van der Waals surface area contributed by atoms with Gasteiger partial charge in [0.2, 0.25) is 0 Å². The normalized spacial score (nSPS) is 22.9. The molecule has 0 aliphatic heterocycles. The van der Waals surface area contributed by atoms with E-state index in [4.69, 9.17) is 5.26 Å². The minimum Gasteiger partial charge on any atom is -0.396 e. The van der Waals surface area contributed by atoms with Crippen molar-refractivity contribution in [3.05, 3.63) is 29.6 Å². The van der Waals surface area contributed by atoms with Crippen LogP contribution in [0, 0.1) is 23.2 Å². The van der Waals surface area contributed by atoms with Crippen LogP contribution < -0.4 is 5.32 Å². The summed E-state index contributed by atoms with van der Waals surface area (Å²) < 4.78 is 0. The predicted octanol–water partition coefficient (Wildman–Crippen LogP) is 1.84. The molecule has 0 saturated heterocycles. The molecule has 1 saturated carbocycles. The zero-order chi connectivity index (χ0) is 13.5. The van der Waals surface area contributed by atoms with E-state index in [-0.39, 0.29) is 0 Å². The highest BCUT2D eigenvalue weighted by atomic mass is 16.3. The molecule has 1 aliphatic rings. The molecule has 4 heteroatoms. The summed E-state index contributed by atoms with van der Waals surface area (Å²) in [7, 11) is 0. The van der Waals surface area contributed by atoms with Crippen LogP contribution in [-0.2, 0) is 6.54 Å². The highest BCUT2D eigenvalue weighted by molar-refractivity contribution is 5.25. The molecule has 2 atom stereocenters. The summed E-state index contributed by atoms with van der Waals surface area (Å²) in [6.07, 6.45) is 6.55. The maximum atomic E-state index is 9.37. The van der Waals surface area contributed by atoms with Crippen molar-refractivity contribution >= 4 is 0 Å². The van der Waals surface area contributed by atoms with Crippen LogP contribution in [0.2, 0.25) is 0 Å². The Morgan fingerprint density at radius 1 is 1.37 bits per heavy atom. The highest BCUT2D eigenvalue weighted by Crippen LogP contribution is 2.29. The molecule has 0 amide bonds. The van der Waals surface area contributed by atoms with Crippen molar-refractivity contribution in [3.8, 4) is 6.07 Å². The van der Waals surface area contributed by atoms with Crippen LogP contribution in [0.5, 0.6) is 0 Å². The van der Waals surface area contributed by atoms with Crippen molar-refractivity contribution in [2.45, 2.75) is 32.2 Å². The number of hydrogen-bond acceptors (Lipinski definition) is 4. The number of pyridine rings is 1. The third-order valence-electron chi connectivity index (χ3n) is 3.98. The summed E-state index contributed by atoms with van der Waals surface area (Å²) >= 11 is 0. The smallest absolute Gasteiger partial charge is 0.140 e. The molecule has 0 radical (unpaired) electrons. The van der Waals surface area contributed by atoms with Crippen LogP contribution >= 0.6 is 0 Å². The minimum absolute atomic E-state index is 0.306. The fraction of sp³-hybridized carbons (Fsp3) is 0.600. The molecule has 0 aromatic carbocycles. The summed E-state index contributed by atoms with van der Waals surface area (Å²) in [5.74, 6) is 1.03. The highest BCUT2D eigenvalue weighted by Gasteiger charge is 2.23. The van der Waals surface area contributed by atoms with E-state index in [9.17, 15) is 5.11 Å². The number of nitrogens with zero attached hydrogens (tertiary/aromatic N) is 2. The first-order valence-electron chi connectivity index (χ1n) is 7.00. The summed E-state index contributed by atoms with van der Waals surface area (Å²) in [6.45, 7) is 2.00. The number of rotatable bonds is 5. The monoisotopic (exact) mass is 259 g/mol. The number of hydrogen-bond donors (Lipinski definition) is 2. The quantitative estimate of drug-likeness (QED) is 0.846. The Hall–Kier alpha value is -1.44. The van der Waals surface area contributed by atoms with Gasteiger partial charge in [0.1, 0.15) is 11.8 Å². The molecule has 4 nitrogen and oxygen atoms in total. The average Bonchev–Trinajstić information content (AvgIpc) is 2.48. The second kappa shape index (κ2) is 7.22. The predicted molar refractivity (Wildman–Crippen MR) is 73.2 cm³/mol. The Morgan fingerprint density at radius 3 is 2.89 bits per heavy atom. The van der Waals surface area contributed by atoms with Crippen molar-refractivity contribution in [1.29, 1.82) is 5.26 Å². The standard InChI is InChI=1S/C15H21N3O/c16-8-15-7-12(5-6-18-15)9-17-10-13-3-1-2-4-14(13)11-19/h5-7,13-14,17,19H,1-4,9-11H2. The first kappa shape index (κ1) is 14.0. The molecular formula is C15H21N3O. The van der Waals surface area contributed by atoms with Gasteiger partial charge in [0.25, 0.3) is 0 Å². The van der Waals surface area contributed by atoms with Crippen LogP contribution in [0.3, 0.4) is 0 Å². The second-order valence-corrected chi connectivity index (χ2v) is 5.28. The Kier molecular flexibility index (Phi) is 5.31. The third-order valence-corrected chi connectivity index (χ3v) is 3.98. The SMILES string of the molecule is N#Cc1cc(CNCC2CCCCC2CO)ccn1. The Balaban J connectivity index is 1.80. The fourth-order valence-corrected chi connectivity index (χ4v) is 2.84. The van der Waals surface area contributed by atoms with Crippen molar-refractivity contribution < 1.29 is 5.11 Å². The maximum absolute atomic E-state index is 9.37. The van der Waals surface area contributed by atoms with Crippen LogP contribution in [0.25, 0.3) is 0 Å². The van der Waals surface area contributed by atoms with E-state index < -0.39 is 0 Å². The third kappa shape index (κ3) is 4.02. The molecule has 2 unspecified atom stereocenters. The van der Waals surface area contributed by atoms with Gasteiger partial charge < -0.3 is 10.4 Å². The van der Waals surface area contributed by atoms with Gasteiger partial charge in [-0.25, -0.2) is 4.98 Å². The van der Waals surface area contributed by atoms with Gasteiger partial charge in [-0.05, 0) is 48.9 Å². The molecule has 0 bridgehead atoms. The summed E-state index contributed by atoms with van der Waals surface area (Å²) in [5, 5.41) is 21.6. The summed E-state index contributed by atoms with van der Waals surface area (Å²) in [4.78, 5) is 3.96. The van der Waals surface area contributed by atoms with Crippen molar-refractivity contribution in [2.24, 2.45) is 11.8 Å². The Morgan fingerprint density at radius 2 is 2.16 bits per heavy atom. The van der Waals surface area contributed by atoms with Gasteiger partial charge in [0, 0.05) is 19.3 Å². The van der Waals surface area contributed by atoms with Crippen molar-refractivity contribution in [1.82, 2.24) is 10.3 Å². The van der Waals surface area contributed by atoms with E-state index in [0.29, 0.717) is 24.1 Å². The van der Waals surface area contributed by atoms with Gasteiger partial charge >= 0.3 is 0 Å². The molecule has 19 heavy (non-hydrogen) atoms. The molecule has 2 rings (SSSR count). The number of aromatic nitrogens is 1. The van der Waals surface area contributed by atoms with E-state index in [1.54, 1.807) is 6.20 Å². The number of nitriles is 1. The lowest BCUT2D eigenvalue weighted by molar-refractivity contribution is 0.133. The van der Waals surface area contributed by atoms with Gasteiger partial charge in [-0.1, -0.05) is 12.8 Å². The van der Waals surface area contributed by atoms with Gasteiger partial charge in [-0.3, -0.25) is 0 Å². The maximum Gasteiger partial charge on any atom is 0.140 e. The minimum atomic E-state index is 0.306. The van der Waals surface area contributed by atoms with E-state index in [1.165, 1.54) is 19.3 Å². The molecule has 102 valence electrons. The van der Waals surface area contributed by atoms with E-state index in [2.05, 4.69) is 16.4 Å². The van der Waals surface area contributed by atoms with E-state index in [0.717, 1.165) is 25.1 Å². The number of nitrogens with one attached hydrogen (secondary N) is 1. The van der Waals surface area contributed by atoms with Gasteiger partial charge in [0.15, 0.2) is 0 Å². The summed E-state index contributed by atoms with van der Waals surface area (Å²) in [5.41, 5.74) is 1.55. The lowest BCUT2D eigenvalue weighted by atomic mass is 9.79. The van der Waals surface area contributed by atoms with Crippen molar-refractivity contribution in [3.63, 3.8) is 0 Å². The van der Waals surface area contributed by atoms with Crippen LogP contribution in [0.1, 0.15) is 36.9 Å². The lowest BCUT2D eigenvalue weighted by Gasteiger charge is -2.30. The summed E-state index contributed by atoms with van der Waals surface area (Å²) in [6, 6.07) is 5.80. The lowest BCUT2D eigenvalue weighted by Crippen LogP contribution is -2.32. The topological polar surface area (TPSA) is 68.9 Å². The molecular weight excluding hydrogens is 238 g/mol. The molecule has 1 aromatic rings. The number of aliphatic hydroxyl groups excluding tert-OH is 1. The molecule has 1 aromatic heterocycles. The molecule has 1 fully saturated rings. The van der Waals surface area contributed by atoms with Gasteiger partial charge in [-0.2, -0.15) is 5.26 Å². The van der Waals surface area contributed by atoms with Crippen molar-refractivity contribution in [2.75, 3.05) is 13.2 Å². The van der Waals surface area contributed by atoms with E-state index in [1.807, 2.05) is 12.1 Å². The second-order valence-electron chi connectivity index (χ2n) is 5.28. The van der Waals surface area contributed by atoms with Crippen LogP contribution in [0.4, 0.5) is 0 Å². The van der Waals surface area contributed by atoms with Crippen LogP contribution in [-0.4, -0.2) is 23.2 Å². The van der Waals surface area contributed by atoms with Gasteiger partial charge in [0.05, 0.1) is 0 Å². The first-order chi connectivity index (χ1) is 9.33. The molecule has 2 N–H and O–H groups in total. The average molecular weight is 259 g/mol. The Bertz CT molecular complexity index is 441. The molecule has 0 spiro atoms. The largest absolute Gasteiger partial charge is 0.396 e. The van der Waals surface area contributed by atoms with Gasteiger partial charge in [-0.15, -0.1) is 0 Å². The van der Waals surface area contributed by atoms with E-state index >= 15 is 0 Å².